The van der Waals surface area contributed by atoms with E-state index in [0.29, 0.717) is 5.41 Å². The zero-order chi connectivity index (χ0) is 13.4. The maximum absolute atomic E-state index is 3.52. The molecule has 0 aliphatic carbocycles. The van der Waals surface area contributed by atoms with Gasteiger partial charge in [-0.05, 0) is 31.0 Å². The molecule has 0 spiro atoms. The maximum atomic E-state index is 3.52. The van der Waals surface area contributed by atoms with Gasteiger partial charge in [-0.1, -0.05) is 51.1 Å². The van der Waals surface area contributed by atoms with Gasteiger partial charge in [0.05, 0.1) is 0 Å². The summed E-state index contributed by atoms with van der Waals surface area (Å²) in [6.45, 7) is 11.2. The Kier molecular flexibility index (Phi) is 6.37. The summed E-state index contributed by atoms with van der Waals surface area (Å²) in [6, 6.07) is 10.7. The van der Waals surface area contributed by atoms with Crippen molar-refractivity contribution in [1.29, 1.82) is 0 Å². The Balaban J connectivity index is 2.36. The Hall–Kier alpha value is -0.860. The molecule has 1 aromatic rings. The van der Waals surface area contributed by atoms with Crippen LogP contribution in [0.2, 0.25) is 0 Å². The zero-order valence-electron chi connectivity index (χ0n) is 12.4. The van der Waals surface area contributed by atoms with Crippen LogP contribution in [-0.2, 0) is 6.54 Å². The Morgan fingerprint density at radius 2 is 1.83 bits per heavy atom. The first-order valence-corrected chi connectivity index (χ1v) is 6.97. The number of hydrogen-bond acceptors (Lipinski definition) is 2. The third kappa shape index (κ3) is 6.18. The Bertz CT molecular complexity index is 319. The average molecular weight is 248 g/mol. The number of benzene rings is 1. The first kappa shape index (κ1) is 15.2. The van der Waals surface area contributed by atoms with Crippen LogP contribution >= 0.6 is 0 Å². The van der Waals surface area contributed by atoms with Gasteiger partial charge in [0.2, 0.25) is 0 Å². The normalized spacial score (nSPS) is 12.1. The molecule has 0 atom stereocenters. The molecular formula is C16H28N2. The van der Waals surface area contributed by atoms with Crippen LogP contribution in [0.15, 0.2) is 30.3 Å². The fourth-order valence-corrected chi connectivity index (χ4v) is 2.34. The third-order valence-corrected chi connectivity index (χ3v) is 3.02. The van der Waals surface area contributed by atoms with Crippen LogP contribution in [0.4, 0.5) is 0 Å². The highest BCUT2D eigenvalue weighted by Crippen LogP contribution is 2.16. The van der Waals surface area contributed by atoms with E-state index in [0.717, 1.165) is 26.2 Å². The summed E-state index contributed by atoms with van der Waals surface area (Å²) in [7, 11) is 2.20. The van der Waals surface area contributed by atoms with Gasteiger partial charge in [-0.2, -0.15) is 0 Å². The minimum Gasteiger partial charge on any atom is -0.316 e. The van der Waals surface area contributed by atoms with Gasteiger partial charge in [-0.3, -0.25) is 0 Å². The Morgan fingerprint density at radius 1 is 1.17 bits per heavy atom. The van der Waals surface area contributed by atoms with Gasteiger partial charge in [0.15, 0.2) is 0 Å². The van der Waals surface area contributed by atoms with Crippen molar-refractivity contribution in [2.24, 2.45) is 5.41 Å². The molecule has 0 radical (unpaired) electrons. The van der Waals surface area contributed by atoms with E-state index in [-0.39, 0.29) is 0 Å². The van der Waals surface area contributed by atoms with Gasteiger partial charge in [-0.15, -0.1) is 0 Å². The van der Waals surface area contributed by atoms with Crippen molar-refractivity contribution < 1.29 is 0 Å². The number of rotatable bonds is 8. The summed E-state index contributed by atoms with van der Waals surface area (Å²) in [6.07, 6.45) is 1.20. The van der Waals surface area contributed by atoms with Crippen molar-refractivity contribution in [2.45, 2.75) is 33.7 Å². The SMILES string of the molecule is CCCNCC(C)(C)CN(C)Cc1ccccc1. The lowest BCUT2D eigenvalue weighted by atomic mass is 9.92. The topological polar surface area (TPSA) is 15.3 Å². The summed E-state index contributed by atoms with van der Waals surface area (Å²) in [5, 5.41) is 3.52. The molecular weight excluding hydrogens is 220 g/mol. The monoisotopic (exact) mass is 248 g/mol. The predicted octanol–water partition coefficient (Wildman–Crippen LogP) is 3.14. The van der Waals surface area contributed by atoms with Gasteiger partial charge in [0.25, 0.3) is 0 Å². The molecule has 0 aliphatic rings. The highest BCUT2D eigenvalue weighted by molar-refractivity contribution is 5.14. The van der Waals surface area contributed by atoms with Crippen molar-refractivity contribution in [1.82, 2.24) is 10.2 Å². The lowest BCUT2D eigenvalue weighted by Crippen LogP contribution is -2.39. The van der Waals surface area contributed by atoms with Crippen LogP contribution in [0.5, 0.6) is 0 Å². The van der Waals surface area contributed by atoms with Crippen molar-refractivity contribution in [3.05, 3.63) is 35.9 Å². The van der Waals surface area contributed by atoms with Crippen molar-refractivity contribution in [3.8, 4) is 0 Å². The second-order valence-corrected chi connectivity index (χ2v) is 6.00. The first-order valence-electron chi connectivity index (χ1n) is 6.97. The maximum Gasteiger partial charge on any atom is 0.0230 e. The fourth-order valence-electron chi connectivity index (χ4n) is 2.34. The van der Waals surface area contributed by atoms with Crippen molar-refractivity contribution >= 4 is 0 Å². The highest BCUT2D eigenvalue weighted by atomic mass is 15.1. The van der Waals surface area contributed by atoms with Crippen LogP contribution in [-0.4, -0.2) is 31.6 Å². The molecule has 2 nitrogen and oxygen atoms in total. The molecule has 0 saturated heterocycles. The number of hydrogen-bond donors (Lipinski definition) is 1. The van der Waals surface area contributed by atoms with Gasteiger partial charge in [-0.25, -0.2) is 0 Å². The van der Waals surface area contributed by atoms with Crippen LogP contribution in [0, 0.1) is 5.41 Å². The third-order valence-electron chi connectivity index (χ3n) is 3.02. The van der Waals surface area contributed by atoms with E-state index in [1.807, 2.05) is 0 Å². The molecule has 0 amide bonds. The van der Waals surface area contributed by atoms with E-state index in [1.54, 1.807) is 0 Å². The molecule has 0 fully saturated rings. The van der Waals surface area contributed by atoms with Crippen LogP contribution in [0.1, 0.15) is 32.8 Å². The minimum absolute atomic E-state index is 0.318. The van der Waals surface area contributed by atoms with Crippen molar-refractivity contribution in [3.63, 3.8) is 0 Å². The Morgan fingerprint density at radius 3 is 2.44 bits per heavy atom. The van der Waals surface area contributed by atoms with Gasteiger partial charge in [0, 0.05) is 19.6 Å². The van der Waals surface area contributed by atoms with E-state index in [9.17, 15) is 0 Å². The summed E-state index contributed by atoms with van der Waals surface area (Å²) < 4.78 is 0. The molecule has 1 N–H and O–H groups in total. The number of nitrogens with zero attached hydrogens (tertiary/aromatic N) is 1. The molecule has 1 aromatic carbocycles. The van der Waals surface area contributed by atoms with E-state index in [1.165, 1.54) is 12.0 Å². The summed E-state index contributed by atoms with van der Waals surface area (Å²) >= 11 is 0. The van der Waals surface area contributed by atoms with Crippen LogP contribution in [0.25, 0.3) is 0 Å². The summed E-state index contributed by atoms with van der Waals surface area (Å²) in [5.74, 6) is 0. The second kappa shape index (κ2) is 7.55. The molecule has 0 saturated carbocycles. The molecule has 0 heterocycles. The standard InChI is InChI=1S/C16H28N2/c1-5-11-17-13-16(2,3)14-18(4)12-15-9-7-6-8-10-15/h6-10,17H,5,11-14H2,1-4H3. The largest absolute Gasteiger partial charge is 0.316 e. The smallest absolute Gasteiger partial charge is 0.0230 e. The second-order valence-electron chi connectivity index (χ2n) is 6.00. The Labute approximate surface area is 112 Å². The van der Waals surface area contributed by atoms with E-state index >= 15 is 0 Å². The van der Waals surface area contributed by atoms with E-state index < -0.39 is 0 Å². The van der Waals surface area contributed by atoms with Crippen LogP contribution in [0.3, 0.4) is 0 Å². The number of nitrogens with one attached hydrogen (secondary N) is 1. The van der Waals surface area contributed by atoms with Gasteiger partial charge in [0.1, 0.15) is 0 Å². The van der Waals surface area contributed by atoms with Crippen molar-refractivity contribution in [2.75, 3.05) is 26.7 Å². The lowest BCUT2D eigenvalue weighted by molar-refractivity contribution is 0.199. The molecule has 0 bridgehead atoms. The van der Waals surface area contributed by atoms with E-state index in [2.05, 4.69) is 68.4 Å². The average Bonchev–Trinajstić information content (AvgIpc) is 2.29. The van der Waals surface area contributed by atoms with Crippen LogP contribution < -0.4 is 5.32 Å². The molecule has 102 valence electrons. The molecule has 0 aromatic heterocycles. The molecule has 0 unspecified atom stereocenters. The summed E-state index contributed by atoms with van der Waals surface area (Å²) in [4.78, 5) is 2.41. The zero-order valence-corrected chi connectivity index (χ0v) is 12.4. The summed E-state index contributed by atoms with van der Waals surface area (Å²) in [5.41, 5.74) is 1.70. The lowest BCUT2D eigenvalue weighted by Gasteiger charge is -2.30. The highest BCUT2D eigenvalue weighted by Gasteiger charge is 2.19. The molecule has 1 rings (SSSR count). The van der Waals surface area contributed by atoms with E-state index in [4.69, 9.17) is 0 Å². The fraction of sp³-hybridized carbons (Fsp3) is 0.625. The van der Waals surface area contributed by atoms with Gasteiger partial charge >= 0.3 is 0 Å². The minimum atomic E-state index is 0.318. The molecule has 0 aliphatic heterocycles. The molecule has 18 heavy (non-hydrogen) atoms. The first-order chi connectivity index (χ1) is 8.53. The quantitative estimate of drug-likeness (QED) is 0.711. The molecule has 2 heteroatoms. The predicted molar refractivity (Wildman–Crippen MR) is 79.7 cm³/mol. The van der Waals surface area contributed by atoms with Gasteiger partial charge < -0.3 is 10.2 Å².